The Morgan fingerprint density at radius 2 is 1.95 bits per heavy atom. The molecule has 0 radical (unpaired) electrons. The molecule has 1 N–H and O–H groups in total. The molecule has 19 heavy (non-hydrogen) atoms. The number of para-hydroxylation sites is 1. The van der Waals surface area contributed by atoms with Gasteiger partial charge in [-0.1, -0.05) is 18.2 Å². The van der Waals surface area contributed by atoms with Crippen molar-refractivity contribution < 1.29 is 0 Å². The van der Waals surface area contributed by atoms with Gasteiger partial charge in [-0.25, -0.2) is 4.79 Å². The third kappa shape index (κ3) is 2.06. The Hall–Kier alpha value is -2.69. The first-order valence-corrected chi connectivity index (χ1v) is 5.87. The molecule has 0 amide bonds. The third-order valence-electron chi connectivity index (χ3n) is 3.01. The Kier molecular flexibility index (Phi) is 2.72. The van der Waals surface area contributed by atoms with Crippen LogP contribution >= 0.6 is 0 Å². The van der Waals surface area contributed by atoms with Crippen molar-refractivity contribution in [2.45, 2.75) is 6.54 Å². The summed E-state index contributed by atoms with van der Waals surface area (Å²) >= 11 is 0. The zero-order valence-corrected chi connectivity index (χ0v) is 10.0. The maximum atomic E-state index is 11.7. The molecule has 94 valence electrons. The summed E-state index contributed by atoms with van der Waals surface area (Å²) in [6.07, 6.45) is 3.03. The second-order valence-corrected chi connectivity index (χ2v) is 4.19. The third-order valence-corrected chi connectivity index (χ3v) is 3.01. The highest BCUT2D eigenvalue weighted by atomic mass is 16.2. The molecule has 2 aromatic heterocycles. The lowest BCUT2D eigenvalue weighted by atomic mass is 10.1. The SMILES string of the molecule is O=c1cc[nH]c(=O)n1Cc1ccnc2ccccc12. The molecule has 5 nitrogen and oxygen atoms in total. The molecule has 0 saturated carbocycles. The highest BCUT2D eigenvalue weighted by molar-refractivity contribution is 5.81. The molecule has 0 bridgehead atoms. The topological polar surface area (TPSA) is 67.8 Å². The van der Waals surface area contributed by atoms with E-state index in [1.54, 1.807) is 6.20 Å². The minimum Gasteiger partial charge on any atom is -0.314 e. The molecule has 0 fully saturated rings. The van der Waals surface area contributed by atoms with Gasteiger partial charge in [0.2, 0.25) is 0 Å². The molecular weight excluding hydrogens is 242 g/mol. The van der Waals surface area contributed by atoms with Gasteiger partial charge in [0.25, 0.3) is 5.56 Å². The Labute approximate surface area is 108 Å². The first-order valence-electron chi connectivity index (χ1n) is 5.87. The first-order chi connectivity index (χ1) is 9.25. The van der Waals surface area contributed by atoms with Crippen LogP contribution < -0.4 is 11.2 Å². The van der Waals surface area contributed by atoms with Gasteiger partial charge in [-0.15, -0.1) is 0 Å². The predicted octanol–water partition coefficient (Wildman–Crippen LogP) is 1.13. The molecule has 3 aromatic rings. The fraction of sp³-hybridized carbons (Fsp3) is 0.0714. The molecule has 0 saturated heterocycles. The van der Waals surface area contributed by atoms with Crippen LogP contribution in [0.5, 0.6) is 0 Å². The number of aromatic nitrogens is 3. The van der Waals surface area contributed by atoms with Crippen LogP contribution in [0.4, 0.5) is 0 Å². The summed E-state index contributed by atoms with van der Waals surface area (Å²) in [5, 5.41) is 0.945. The number of hydrogen-bond donors (Lipinski definition) is 1. The van der Waals surface area contributed by atoms with E-state index in [1.807, 2.05) is 30.3 Å². The van der Waals surface area contributed by atoms with Crippen molar-refractivity contribution in [3.8, 4) is 0 Å². The van der Waals surface area contributed by atoms with Crippen molar-refractivity contribution in [3.63, 3.8) is 0 Å². The molecule has 0 unspecified atom stereocenters. The van der Waals surface area contributed by atoms with E-state index in [4.69, 9.17) is 0 Å². The number of fused-ring (bicyclic) bond motifs is 1. The molecule has 0 aliphatic carbocycles. The summed E-state index contributed by atoms with van der Waals surface area (Å²) in [7, 11) is 0. The number of hydrogen-bond acceptors (Lipinski definition) is 3. The van der Waals surface area contributed by atoms with Crippen LogP contribution in [0.25, 0.3) is 10.9 Å². The van der Waals surface area contributed by atoms with Crippen LogP contribution in [0.3, 0.4) is 0 Å². The summed E-state index contributed by atoms with van der Waals surface area (Å²) in [4.78, 5) is 30.1. The largest absolute Gasteiger partial charge is 0.328 e. The van der Waals surface area contributed by atoms with Crippen LogP contribution in [0.2, 0.25) is 0 Å². The van der Waals surface area contributed by atoms with Crippen molar-refractivity contribution in [3.05, 3.63) is 75.2 Å². The van der Waals surface area contributed by atoms with Gasteiger partial charge in [0.05, 0.1) is 12.1 Å². The fourth-order valence-electron chi connectivity index (χ4n) is 2.07. The number of aromatic amines is 1. The van der Waals surface area contributed by atoms with Gasteiger partial charge in [0.15, 0.2) is 0 Å². The summed E-state index contributed by atoms with van der Waals surface area (Å²) in [5.74, 6) is 0. The Balaban J connectivity index is 2.17. The van der Waals surface area contributed by atoms with Crippen LogP contribution in [0.15, 0.2) is 58.4 Å². The molecule has 5 heteroatoms. The zero-order valence-electron chi connectivity index (χ0n) is 10.0. The van der Waals surface area contributed by atoms with E-state index in [0.717, 1.165) is 16.5 Å². The fourth-order valence-corrected chi connectivity index (χ4v) is 2.07. The molecule has 0 aliphatic heterocycles. The van der Waals surface area contributed by atoms with E-state index in [2.05, 4.69) is 9.97 Å². The molecule has 1 aromatic carbocycles. The maximum absolute atomic E-state index is 11.7. The minimum absolute atomic E-state index is 0.234. The molecule has 0 spiro atoms. The van der Waals surface area contributed by atoms with Gasteiger partial charge in [-0.05, 0) is 17.7 Å². The maximum Gasteiger partial charge on any atom is 0.328 e. The lowest BCUT2D eigenvalue weighted by molar-refractivity contribution is 0.702. The van der Waals surface area contributed by atoms with E-state index < -0.39 is 5.69 Å². The number of nitrogens with zero attached hydrogens (tertiary/aromatic N) is 2. The van der Waals surface area contributed by atoms with Crippen molar-refractivity contribution >= 4 is 10.9 Å². The number of rotatable bonds is 2. The van der Waals surface area contributed by atoms with Crippen molar-refractivity contribution in [1.29, 1.82) is 0 Å². The minimum atomic E-state index is -0.409. The summed E-state index contributed by atoms with van der Waals surface area (Å²) in [6.45, 7) is 0.234. The zero-order chi connectivity index (χ0) is 13.2. The van der Waals surface area contributed by atoms with Crippen molar-refractivity contribution in [2.75, 3.05) is 0 Å². The van der Waals surface area contributed by atoms with E-state index in [-0.39, 0.29) is 12.1 Å². The second-order valence-electron chi connectivity index (χ2n) is 4.19. The summed E-state index contributed by atoms with van der Waals surface area (Å²) in [6, 6.07) is 10.8. The Morgan fingerprint density at radius 3 is 2.79 bits per heavy atom. The van der Waals surface area contributed by atoms with Crippen LogP contribution in [0, 0.1) is 0 Å². The summed E-state index contributed by atoms with van der Waals surface area (Å²) in [5.41, 5.74) is 1.02. The van der Waals surface area contributed by atoms with Gasteiger partial charge in [-0.2, -0.15) is 0 Å². The standard InChI is InChI=1S/C14H11N3O2/c18-13-6-8-16-14(19)17(13)9-10-5-7-15-12-4-2-1-3-11(10)12/h1-8H,9H2,(H,16,19). The van der Waals surface area contributed by atoms with Gasteiger partial charge < -0.3 is 4.98 Å². The predicted molar refractivity (Wildman–Crippen MR) is 72.2 cm³/mol. The van der Waals surface area contributed by atoms with Crippen molar-refractivity contribution in [1.82, 2.24) is 14.5 Å². The molecular formula is C14H11N3O2. The number of pyridine rings is 1. The second kappa shape index (κ2) is 4.53. The van der Waals surface area contributed by atoms with E-state index in [0.29, 0.717) is 0 Å². The normalized spacial score (nSPS) is 10.7. The highest BCUT2D eigenvalue weighted by Crippen LogP contribution is 2.16. The lowest BCUT2D eigenvalue weighted by Gasteiger charge is -2.07. The lowest BCUT2D eigenvalue weighted by Crippen LogP contribution is -2.34. The summed E-state index contributed by atoms with van der Waals surface area (Å²) < 4.78 is 1.17. The average Bonchev–Trinajstić information content (AvgIpc) is 2.43. The number of nitrogens with one attached hydrogen (secondary N) is 1. The van der Waals surface area contributed by atoms with Gasteiger partial charge in [0, 0.05) is 23.8 Å². The van der Waals surface area contributed by atoms with Gasteiger partial charge >= 0.3 is 5.69 Å². The van der Waals surface area contributed by atoms with Crippen LogP contribution in [-0.2, 0) is 6.54 Å². The van der Waals surface area contributed by atoms with E-state index in [9.17, 15) is 9.59 Å². The quantitative estimate of drug-likeness (QED) is 0.744. The van der Waals surface area contributed by atoms with Gasteiger partial charge in [0.1, 0.15) is 0 Å². The van der Waals surface area contributed by atoms with Gasteiger partial charge in [-0.3, -0.25) is 14.3 Å². The van der Waals surface area contributed by atoms with E-state index >= 15 is 0 Å². The number of benzene rings is 1. The first kappa shape index (κ1) is 11.4. The monoisotopic (exact) mass is 253 g/mol. The molecule has 2 heterocycles. The molecule has 0 atom stereocenters. The van der Waals surface area contributed by atoms with Crippen molar-refractivity contribution in [2.24, 2.45) is 0 Å². The van der Waals surface area contributed by atoms with E-state index in [1.165, 1.54) is 16.8 Å². The average molecular weight is 253 g/mol. The Bertz CT molecular complexity index is 815. The molecule has 0 aliphatic rings. The number of H-pyrrole nitrogens is 1. The van der Waals surface area contributed by atoms with Crippen LogP contribution in [-0.4, -0.2) is 14.5 Å². The van der Waals surface area contributed by atoms with Crippen LogP contribution in [0.1, 0.15) is 5.56 Å². The molecule has 3 rings (SSSR count). The Morgan fingerprint density at radius 1 is 1.11 bits per heavy atom. The smallest absolute Gasteiger partial charge is 0.314 e. The highest BCUT2D eigenvalue weighted by Gasteiger charge is 2.05.